The molecule has 11 heavy (non-hydrogen) atoms. The minimum atomic E-state index is -0.533. The first kappa shape index (κ1) is 7.13. The van der Waals surface area contributed by atoms with Crippen LogP contribution in [0.4, 0.5) is 0 Å². The zero-order chi connectivity index (χ0) is 7.73. The van der Waals surface area contributed by atoms with Crippen LogP contribution < -0.4 is 4.74 Å². The van der Waals surface area contributed by atoms with Crippen LogP contribution in [0.1, 0.15) is 0 Å². The highest BCUT2D eigenvalue weighted by Gasteiger charge is 2.45. The van der Waals surface area contributed by atoms with Crippen molar-refractivity contribution >= 4 is 15.9 Å². The van der Waals surface area contributed by atoms with Gasteiger partial charge in [0, 0.05) is 0 Å². The summed E-state index contributed by atoms with van der Waals surface area (Å²) < 4.78 is 9.87. The summed E-state index contributed by atoms with van der Waals surface area (Å²) in [6.45, 7) is 0.613. The lowest BCUT2D eigenvalue weighted by Gasteiger charge is -2.06. The molecule has 1 aromatic rings. The first-order chi connectivity index (χ1) is 5.29. The molecule has 58 valence electrons. The predicted molar refractivity (Wildman–Crippen MR) is 44.7 cm³/mol. The monoisotopic (exact) mass is 214 g/mol. The average molecular weight is 215 g/mol. The molecule has 2 rings (SSSR count). The number of epoxide rings is 1. The smallest absolute Gasteiger partial charge is 0.292 e. The number of halogens is 1. The van der Waals surface area contributed by atoms with Crippen molar-refractivity contribution in [1.29, 1.82) is 0 Å². The van der Waals surface area contributed by atoms with Gasteiger partial charge in [-0.1, -0.05) is 18.2 Å². The van der Waals surface area contributed by atoms with Gasteiger partial charge >= 0.3 is 0 Å². The van der Waals surface area contributed by atoms with Crippen molar-refractivity contribution in [3.8, 4) is 5.75 Å². The lowest BCUT2D eigenvalue weighted by atomic mass is 10.3. The van der Waals surface area contributed by atoms with E-state index in [0.29, 0.717) is 6.61 Å². The Hall–Kier alpha value is -0.540. The second-order valence-corrected chi connectivity index (χ2v) is 3.57. The molecule has 0 aliphatic carbocycles. The molecule has 0 radical (unpaired) electrons. The summed E-state index contributed by atoms with van der Waals surface area (Å²) in [5.41, 5.74) is 0. The van der Waals surface area contributed by atoms with Crippen LogP contribution in [0.15, 0.2) is 30.3 Å². The quantitative estimate of drug-likeness (QED) is 0.556. The normalized spacial score (nSPS) is 28.1. The molecular weight excluding hydrogens is 208 g/mol. The molecule has 0 N–H and O–H groups in total. The molecule has 1 fully saturated rings. The van der Waals surface area contributed by atoms with Crippen LogP contribution in [-0.4, -0.2) is 11.3 Å². The van der Waals surface area contributed by atoms with Gasteiger partial charge in [0.2, 0.25) is 0 Å². The molecule has 1 atom stereocenters. The molecule has 1 heterocycles. The van der Waals surface area contributed by atoms with Gasteiger partial charge in [-0.25, -0.2) is 0 Å². The fourth-order valence-electron chi connectivity index (χ4n) is 0.780. The Balaban J connectivity index is 2.07. The summed E-state index contributed by atoms with van der Waals surface area (Å²) in [6, 6.07) is 9.58. The Bertz CT molecular complexity index is 244. The number of benzene rings is 1. The van der Waals surface area contributed by atoms with E-state index in [0.717, 1.165) is 5.75 Å². The van der Waals surface area contributed by atoms with Gasteiger partial charge in [0.15, 0.2) is 0 Å². The van der Waals surface area contributed by atoms with Gasteiger partial charge in [0.1, 0.15) is 12.4 Å². The molecule has 0 aromatic heterocycles. The number of ether oxygens (including phenoxy) is 2. The predicted octanol–water partition coefficient (Wildman–Crippen LogP) is 2.14. The van der Waals surface area contributed by atoms with Gasteiger partial charge in [-0.15, -0.1) is 0 Å². The van der Waals surface area contributed by atoms with Crippen molar-refractivity contribution < 1.29 is 9.47 Å². The second kappa shape index (κ2) is 2.50. The standard InChI is InChI=1S/C8H7BrO2/c9-8(6-10-8)11-7-4-2-1-3-5-7/h1-5H,6H2. The molecule has 1 saturated heterocycles. The third-order valence-electron chi connectivity index (χ3n) is 1.38. The maximum atomic E-state index is 5.41. The van der Waals surface area contributed by atoms with Crippen LogP contribution in [0.2, 0.25) is 0 Å². The minimum Gasteiger partial charge on any atom is -0.450 e. The van der Waals surface area contributed by atoms with Gasteiger partial charge < -0.3 is 9.47 Å². The number of para-hydroxylation sites is 1. The van der Waals surface area contributed by atoms with E-state index in [1.165, 1.54) is 0 Å². The maximum Gasteiger partial charge on any atom is 0.292 e. The highest BCUT2D eigenvalue weighted by Crippen LogP contribution is 2.36. The van der Waals surface area contributed by atoms with Gasteiger partial charge in [-0.3, -0.25) is 0 Å². The molecule has 1 aliphatic rings. The van der Waals surface area contributed by atoms with Crippen molar-refractivity contribution in [3.63, 3.8) is 0 Å². The van der Waals surface area contributed by atoms with E-state index in [4.69, 9.17) is 9.47 Å². The molecule has 0 bridgehead atoms. The van der Waals surface area contributed by atoms with Crippen molar-refractivity contribution in [3.05, 3.63) is 30.3 Å². The zero-order valence-corrected chi connectivity index (χ0v) is 7.37. The fraction of sp³-hybridized carbons (Fsp3) is 0.250. The van der Waals surface area contributed by atoms with Crippen LogP contribution in [-0.2, 0) is 4.74 Å². The first-order valence-electron chi connectivity index (χ1n) is 3.35. The van der Waals surface area contributed by atoms with E-state index < -0.39 is 4.70 Å². The van der Waals surface area contributed by atoms with Crippen LogP contribution in [0.3, 0.4) is 0 Å². The Morgan fingerprint density at radius 3 is 2.55 bits per heavy atom. The average Bonchev–Trinajstić information content (AvgIpc) is 2.70. The third-order valence-corrected chi connectivity index (χ3v) is 2.00. The van der Waals surface area contributed by atoms with Crippen molar-refractivity contribution in [2.75, 3.05) is 6.61 Å². The van der Waals surface area contributed by atoms with E-state index in [1.54, 1.807) is 0 Å². The summed E-state index contributed by atoms with van der Waals surface area (Å²) >= 11 is 3.28. The Morgan fingerprint density at radius 2 is 2.00 bits per heavy atom. The Morgan fingerprint density at radius 1 is 1.36 bits per heavy atom. The highest BCUT2D eigenvalue weighted by atomic mass is 79.9. The maximum absolute atomic E-state index is 5.41. The van der Waals surface area contributed by atoms with Crippen LogP contribution in [0, 0.1) is 0 Å². The number of hydrogen-bond donors (Lipinski definition) is 0. The molecular formula is C8H7BrO2. The van der Waals surface area contributed by atoms with Gasteiger partial charge in [-0.2, -0.15) is 0 Å². The fourth-order valence-corrected chi connectivity index (χ4v) is 1.08. The summed E-state index contributed by atoms with van der Waals surface area (Å²) in [6.07, 6.45) is 0. The molecule has 1 aromatic carbocycles. The van der Waals surface area contributed by atoms with Gasteiger partial charge in [0.05, 0.1) is 0 Å². The van der Waals surface area contributed by atoms with Crippen molar-refractivity contribution in [2.24, 2.45) is 0 Å². The molecule has 3 heteroatoms. The van der Waals surface area contributed by atoms with E-state index in [-0.39, 0.29) is 0 Å². The van der Waals surface area contributed by atoms with E-state index >= 15 is 0 Å². The first-order valence-corrected chi connectivity index (χ1v) is 4.15. The summed E-state index contributed by atoms with van der Waals surface area (Å²) in [5, 5.41) is 0. The van der Waals surface area contributed by atoms with E-state index in [2.05, 4.69) is 15.9 Å². The largest absolute Gasteiger partial charge is 0.450 e. The zero-order valence-electron chi connectivity index (χ0n) is 5.79. The summed E-state index contributed by atoms with van der Waals surface area (Å²) in [7, 11) is 0. The summed E-state index contributed by atoms with van der Waals surface area (Å²) in [5.74, 6) is 0.821. The lowest BCUT2D eigenvalue weighted by Crippen LogP contribution is -2.09. The molecule has 0 amide bonds. The van der Waals surface area contributed by atoms with E-state index in [1.807, 2.05) is 30.3 Å². The molecule has 1 unspecified atom stereocenters. The lowest BCUT2D eigenvalue weighted by molar-refractivity contribution is 0.154. The third kappa shape index (κ3) is 1.73. The Labute approximate surface area is 73.3 Å². The van der Waals surface area contributed by atoms with Crippen LogP contribution in [0.25, 0.3) is 0 Å². The molecule has 2 nitrogen and oxygen atoms in total. The molecule has 1 aliphatic heterocycles. The van der Waals surface area contributed by atoms with Gasteiger partial charge in [-0.05, 0) is 28.1 Å². The van der Waals surface area contributed by atoms with Crippen LogP contribution >= 0.6 is 15.9 Å². The molecule has 0 spiro atoms. The molecule has 0 saturated carbocycles. The number of alkyl halides is 1. The van der Waals surface area contributed by atoms with E-state index in [9.17, 15) is 0 Å². The second-order valence-electron chi connectivity index (χ2n) is 2.36. The van der Waals surface area contributed by atoms with Gasteiger partial charge in [0.25, 0.3) is 4.70 Å². The number of rotatable bonds is 2. The number of hydrogen-bond acceptors (Lipinski definition) is 2. The SMILES string of the molecule is BrC1(Oc2ccccc2)CO1. The van der Waals surface area contributed by atoms with Crippen molar-refractivity contribution in [2.45, 2.75) is 4.70 Å². The van der Waals surface area contributed by atoms with Crippen molar-refractivity contribution in [1.82, 2.24) is 0 Å². The topological polar surface area (TPSA) is 21.8 Å². The minimum absolute atomic E-state index is 0.533. The highest BCUT2D eigenvalue weighted by molar-refractivity contribution is 9.10. The summed E-state index contributed by atoms with van der Waals surface area (Å²) in [4.78, 5) is 0. The Kier molecular flexibility index (Phi) is 1.62. The van der Waals surface area contributed by atoms with Crippen LogP contribution in [0.5, 0.6) is 5.75 Å².